The van der Waals surface area contributed by atoms with Gasteiger partial charge in [-0.05, 0) is 24.6 Å². The first kappa shape index (κ1) is 12.5. The monoisotopic (exact) mass is 224 g/mol. The number of anilines is 2. The lowest BCUT2D eigenvalue weighted by atomic mass is 10.1. The van der Waals surface area contributed by atoms with Crippen LogP contribution in [0.15, 0.2) is 18.2 Å². The third-order valence-electron chi connectivity index (χ3n) is 2.36. The number of nitrogen functional groups attached to an aromatic ring is 1. The van der Waals surface area contributed by atoms with Crippen molar-refractivity contribution >= 4 is 17.3 Å². The zero-order chi connectivity index (χ0) is 12.1. The Morgan fingerprint density at radius 2 is 2.19 bits per heavy atom. The smallest absolute Gasteiger partial charge is 0.227 e. The van der Waals surface area contributed by atoms with Crippen molar-refractivity contribution in [3.05, 3.63) is 24.0 Å². The van der Waals surface area contributed by atoms with Gasteiger partial charge in [0.2, 0.25) is 5.91 Å². The number of rotatable bonds is 4. The second-order valence-corrected chi connectivity index (χ2v) is 3.95. The largest absolute Gasteiger partial charge is 0.399 e. The summed E-state index contributed by atoms with van der Waals surface area (Å²) < 4.78 is 13.0. The molecule has 0 aliphatic carbocycles. The second kappa shape index (κ2) is 5.49. The van der Waals surface area contributed by atoms with E-state index in [1.807, 2.05) is 13.8 Å². The maximum Gasteiger partial charge on any atom is 0.227 e. The minimum Gasteiger partial charge on any atom is -0.399 e. The van der Waals surface area contributed by atoms with Crippen molar-refractivity contribution in [3.63, 3.8) is 0 Å². The molecule has 1 atom stereocenters. The Bertz CT molecular complexity index is 359. The molecular weight excluding hydrogens is 207 g/mol. The molecule has 0 radical (unpaired) electrons. The van der Waals surface area contributed by atoms with E-state index in [9.17, 15) is 9.18 Å². The number of hydrogen-bond donors (Lipinski definition) is 2. The highest BCUT2D eigenvalue weighted by atomic mass is 19.1. The molecule has 0 bridgehead atoms. The van der Waals surface area contributed by atoms with Crippen LogP contribution in [0.3, 0.4) is 0 Å². The molecular formula is C12H17FN2O. The van der Waals surface area contributed by atoms with Crippen LogP contribution in [-0.4, -0.2) is 5.91 Å². The van der Waals surface area contributed by atoms with Crippen LogP contribution in [0.2, 0.25) is 0 Å². The molecule has 0 aliphatic heterocycles. The summed E-state index contributed by atoms with van der Waals surface area (Å²) in [5, 5.41) is 2.65. The van der Waals surface area contributed by atoms with Gasteiger partial charge in [-0.25, -0.2) is 4.39 Å². The molecule has 0 aromatic heterocycles. The van der Waals surface area contributed by atoms with Crippen LogP contribution in [0, 0.1) is 11.7 Å². The number of nitrogens with two attached hydrogens (primary N) is 1. The van der Waals surface area contributed by atoms with Crippen LogP contribution in [0.4, 0.5) is 15.8 Å². The summed E-state index contributed by atoms with van der Waals surface area (Å²) >= 11 is 0. The van der Waals surface area contributed by atoms with Crippen molar-refractivity contribution in [1.82, 2.24) is 0 Å². The summed E-state index contributed by atoms with van der Waals surface area (Å²) in [5.74, 6) is -0.625. The number of carbonyl (C=O) groups excluding carboxylic acids is 1. The van der Waals surface area contributed by atoms with E-state index in [0.29, 0.717) is 11.4 Å². The number of benzene rings is 1. The second-order valence-electron chi connectivity index (χ2n) is 3.95. The van der Waals surface area contributed by atoms with E-state index in [1.165, 1.54) is 12.1 Å². The molecule has 3 N–H and O–H groups in total. The Balaban J connectivity index is 2.69. The van der Waals surface area contributed by atoms with Crippen molar-refractivity contribution in [2.24, 2.45) is 5.92 Å². The van der Waals surface area contributed by atoms with E-state index >= 15 is 0 Å². The van der Waals surface area contributed by atoms with Crippen molar-refractivity contribution in [1.29, 1.82) is 0 Å². The predicted molar refractivity (Wildman–Crippen MR) is 63.5 cm³/mol. The molecule has 1 aromatic rings. The lowest BCUT2D eigenvalue weighted by Crippen LogP contribution is -2.20. The molecule has 0 heterocycles. The van der Waals surface area contributed by atoms with Gasteiger partial charge in [-0.2, -0.15) is 0 Å². The number of nitrogens with one attached hydrogen (secondary N) is 1. The Morgan fingerprint density at radius 3 is 2.75 bits per heavy atom. The summed E-state index contributed by atoms with van der Waals surface area (Å²) in [6.45, 7) is 3.87. The topological polar surface area (TPSA) is 55.1 Å². The predicted octanol–water partition coefficient (Wildman–Crippen LogP) is 2.78. The van der Waals surface area contributed by atoms with Gasteiger partial charge < -0.3 is 11.1 Å². The van der Waals surface area contributed by atoms with E-state index in [4.69, 9.17) is 5.73 Å². The normalized spacial score (nSPS) is 12.2. The third-order valence-corrected chi connectivity index (χ3v) is 2.36. The average molecular weight is 224 g/mol. The zero-order valence-electron chi connectivity index (χ0n) is 9.59. The molecule has 4 heteroatoms. The van der Waals surface area contributed by atoms with Crippen LogP contribution in [0.25, 0.3) is 0 Å². The van der Waals surface area contributed by atoms with Gasteiger partial charge in [-0.3, -0.25) is 4.79 Å². The van der Waals surface area contributed by atoms with Crippen molar-refractivity contribution in [2.75, 3.05) is 11.1 Å². The van der Waals surface area contributed by atoms with Gasteiger partial charge in [0.1, 0.15) is 5.82 Å². The lowest BCUT2D eigenvalue weighted by molar-refractivity contribution is -0.119. The quantitative estimate of drug-likeness (QED) is 0.773. The van der Waals surface area contributed by atoms with Crippen LogP contribution in [0.5, 0.6) is 0 Å². The minimum atomic E-state index is -0.446. The van der Waals surface area contributed by atoms with Crippen molar-refractivity contribution in [3.8, 4) is 0 Å². The molecule has 16 heavy (non-hydrogen) atoms. The zero-order valence-corrected chi connectivity index (χ0v) is 9.59. The van der Waals surface area contributed by atoms with E-state index in [0.717, 1.165) is 12.8 Å². The first-order chi connectivity index (χ1) is 7.52. The summed E-state index contributed by atoms with van der Waals surface area (Å²) in [6.07, 6.45) is 1.76. The van der Waals surface area contributed by atoms with Gasteiger partial charge in [0.15, 0.2) is 0 Å². The first-order valence-corrected chi connectivity index (χ1v) is 5.40. The molecule has 3 nitrogen and oxygen atoms in total. The fourth-order valence-electron chi connectivity index (χ4n) is 1.51. The SMILES string of the molecule is CCCC(C)C(=O)Nc1cc(N)cc(F)c1. The minimum absolute atomic E-state index is 0.0745. The molecule has 1 aromatic carbocycles. The standard InChI is InChI=1S/C12H17FN2O/c1-3-4-8(2)12(16)15-11-6-9(13)5-10(14)7-11/h5-8H,3-4,14H2,1-2H3,(H,15,16). The van der Waals surface area contributed by atoms with Gasteiger partial charge in [-0.1, -0.05) is 20.3 Å². The van der Waals surface area contributed by atoms with Crippen LogP contribution in [0.1, 0.15) is 26.7 Å². The van der Waals surface area contributed by atoms with Gasteiger partial charge >= 0.3 is 0 Å². The molecule has 0 fully saturated rings. The van der Waals surface area contributed by atoms with Crippen LogP contribution in [-0.2, 0) is 4.79 Å². The molecule has 1 unspecified atom stereocenters. The molecule has 1 rings (SSSR count). The summed E-state index contributed by atoms with van der Waals surface area (Å²) in [6, 6.07) is 4.01. The van der Waals surface area contributed by atoms with E-state index in [-0.39, 0.29) is 11.8 Å². The third kappa shape index (κ3) is 3.53. The molecule has 0 saturated heterocycles. The number of halogens is 1. The number of carbonyl (C=O) groups is 1. The van der Waals surface area contributed by atoms with E-state index in [2.05, 4.69) is 5.32 Å². The summed E-state index contributed by atoms with van der Waals surface area (Å²) in [5.41, 5.74) is 6.19. The highest BCUT2D eigenvalue weighted by molar-refractivity contribution is 5.92. The Hall–Kier alpha value is -1.58. The van der Waals surface area contributed by atoms with Crippen LogP contribution >= 0.6 is 0 Å². The average Bonchev–Trinajstić information content (AvgIpc) is 2.16. The molecule has 0 spiro atoms. The highest BCUT2D eigenvalue weighted by Gasteiger charge is 2.12. The van der Waals surface area contributed by atoms with Crippen molar-refractivity contribution < 1.29 is 9.18 Å². The highest BCUT2D eigenvalue weighted by Crippen LogP contribution is 2.17. The number of hydrogen-bond acceptors (Lipinski definition) is 2. The maximum atomic E-state index is 13.0. The molecule has 88 valence electrons. The molecule has 0 aliphatic rings. The summed E-state index contributed by atoms with van der Waals surface area (Å²) in [4.78, 5) is 11.7. The van der Waals surface area contributed by atoms with Crippen LogP contribution < -0.4 is 11.1 Å². The Labute approximate surface area is 94.8 Å². The van der Waals surface area contributed by atoms with Gasteiger partial charge in [0, 0.05) is 17.3 Å². The fourth-order valence-corrected chi connectivity index (χ4v) is 1.51. The Kier molecular flexibility index (Phi) is 4.28. The lowest BCUT2D eigenvalue weighted by Gasteiger charge is -2.11. The maximum absolute atomic E-state index is 13.0. The van der Waals surface area contributed by atoms with E-state index < -0.39 is 5.82 Å². The fraction of sp³-hybridized carbons (Fsp3) is 0.417. The van der Waals surface area contributed by atoms with Gasteiger partial charge in [-0.15, -0.1) is 0 Å². The Morgan fingerprint density at radius 1 is 1.50 bits per heavy atom. The van der Waals surface area contributed by atoms with E-state index in [1.54, 1.807) is 6.07 Å². The van der Waals surface area contributed by atoms with Crippen molar-refractivity contribution in [2.45, 2.75) is 26.7 Å². The summed E-state index contributed by atoms with van der Waals surface area (Å²) in [7, 11) is 0. The molecule has 0 saturated carbocycles. The number of amides is 1. The molecule has 1 amide bonds. The van der Waals surface area contributed by atoms with Gasteiger partial charge in [0.05, 0.1) is 0 Å². The van der Waals surface area contributed by atoms with Gasteiger partial charge in [0.25, 0.3) is 0 Å². The first-order valence-electron chi connectivity index (χ1n) is 5.40.